The second-order valence-corrected chi connectivity index (χ2v) is 5.78. The van der Waals surface area contributed by atoms with Crippen LogP contribution in [0.2, 0.25) is 0 Å². The maximum atomic E-state index is 12.9. The zero-order chi connectivity index (χ0) is 20.3. The predicted octanol–water partition coefficient (Wildman–Crippen LogP) is 4.54. The Morgan fingerprint density at radius 3 is 2.68 bits per heavy atom. The summed E-state index contributed by atoms with van der Waals surface area (Å²) in [5.74, 6) is -0.328. The molecule has 3 rings (SSSR count). The second kappa shape index (κ2) is 7.82. The molecule has 1 N–H and O–H groups in total. The van der Waals surface area contributed by atoms with E-state index in [1.165, 1.54) is 12.1 Å². The average Bonchev–Trinajstić information content (AvgIpc) is 3.11. The summed E-state index contributed by atoms with van der Waals surface area (Å²) in [6, 6.07) is 11.8. The quantitative estimate of drug-likeness (QED) is 0.494. The lowest BCUT2D eigenvalue weighted by Gasteiger charge is -2.10. The number of nitrogens with one attached hydrogen (secondary N) is 1. The van der Waals surface area contributed by atoms with Gasteiger partial charge in [-0.1, -0.05) is 12.1 Å². The Balaban J connectivity index is 1.90. The number of nitro benzene ring substituents is 1. The zero-order valence-corrected chi connectivity index (χ0v) is 14.5. The van der Waals surface area contributed by atoms with Crippen molar-refractivity contribution in [3.05, 3.63) is 76.1 Å². The van der Waals surface area contributed by atoms with E-state index < -0.39 is 17.4 Å². The lowest BCUT2D eigenvalue weighted by molar-refractivity contribution is -0.384. The Morgan fingerprint density at radius 2 is 2.00 bits per heavy atom. The summed E-state index contributed by atoms with van der Waals surface area (Å²) < 4.78 is 31.6. The van der Waals surface area contributed by atoms with Crippen molar-refractivity contribution in [3.8, 4) is 11.5 Å². The third-order valence-corrected chi connectivity index (χ3v) is 3.67. The van der Waals surface area contributed by atoms with E-state index >= 15 is 0 Å². The van der Waals surface area contributed by atoms with Gasteiger partial charge >= 0.3 is 6.55 Å². The highest BCUT2D eigenvalue weighted by molar-refractivity contribution is 6.03. The van der Waals surface area contributed by atoms with Crippen molar-refractivity contribution in [1.82, 2.24) is 9.78 Å². The summed E-state index contributed by atoms with van der Waals surface area (Å²) in [5, 5.41) is 16.9. The highest BCUT2D eigenvalue weighted by Crippen LogP contribution is 2.30. The third-order valence-electron chi connectivity index (χ3n) is 3.67. The summed E-state index contributed by atoms with van der Waals surface area (Å²) in [7, 11) is 0. The Kier molecular flexibility index (Phi) is 5.30. The minimum atomic E-state index is -3.00. The van der Waals surface area contributed by atoms with Crippen LogP contribution in [0.15, 0.2) is 54.7 Å². The molecular weight excluding hydrogens is 374 g/mol. The van der Waals surface area contributed by atoms with Gasteiger partial charge in [0.05, 0.1) is 16.7 Å². The normalized spacial score (nSPS) is 10.7. The first-order chi connectivity index (χ1) is 13.3. The zero-order valence-electron chi connectivity index (χ0n) is 14.5. The molecule has 0 radical (unpaired) electrons. The number of ether oxygens (including phenoxy) is 1. The Morgan fingerprint density at radius 1 is 1.21 bits per heavy atom. The largest absolute Gasteiger partial charge is 0.457 e. The van der Waals surface area contributed by atoms with Gasteiger partial charge in [-0.05, 0) is 30.7 Å². The lowest BCUT2D eigenvalue weighted by atomic mass is 10.2. The van der Waals surface area contributed by atoms with Crippen molar-refractivity contribution < 1.29 is 23.2 Å². The molecule has 0 atom stereocenters. The van der Waals surface area contributed by atoms with Crippen LogP contribution in [0.4, 0.5) is 20.2 Å². The molecule has 0 spiro atoms. The number of benzene rings is 2. The molecule has 1 heterocycles. The first kappa shape index (κ1) is 19.0. The van der Waals surface area contributed by atoms with Crippen LogP contribution >= 0.6 is 0 Å². The van der Waals surface area contributed by atoms with E-state index in [0.717, 1.165) is 23.9 Å². The Bertz CT molecular complexity index is 1040. The Labute approximate surface area is 157 Å². The van der Waals surface area contributed by atoms with Crippen molar-refractivity contribution in [3.63, 3.8) is 0 Å². The number of aromatic nitrogens is 2. The van der Waals surface area contributed by atoms with Crippen LogP contribution in [0.3, 0.4) is 0 Å². The molecular formula is C18H14F2N4O4. The molecule has 0 bridgehead atoms. The lowest BCUT2D eigenvalue weighted by Crippen LogP contribution is -2.18. The van der Waals surface area contributed by atoms with E-state index in [1.807, 2.05) is 13.0 Å². The van der Waals surface area contributed by atoms with Crippen LogP contribution in [-0.2, 0) is 0 Å². The predicted molar refractivity (Wildman–Crippen MR) is 95.8 cm³/mol. The van der Waals surface area contributed by atoms with E-state index in [2.05, 4.69) is 10.4 Å². The van der Waals surface area contributed by atoms with Gasteiger partial charge in [-0.25, -0.2) is 0 Å². The minimum Gasteiger partial charge on any atom is -0.457 e. The number of carbonyl (C=O) groups is 1. The first-order valence-electron chi connectivity index (χ1n) is 8.00. The van der Waals surface area contributed by atoms with Crippen LogP contribution in [0.25, 0.3) is 0 Å². The monoisotopic (exact) mass is 388 g/mol. The number of alkyl halides is 2. The molecule has 0 saturated heterocycles. The van der Waals surface area contributed by atoms with Gasteiger partial charge in [0.1, 0.15) is 17.2 Å². The molecule has 8 nitrogen and oxygen atoms in total. The van der Waals surface area contributed by atoms with Gasteiger partial charge in [0.25, 0.3) is 11.6 Å². The number of nitro groups is 1. The second-order valence-electron chi connectivity index (χ2n) is 5.78. The van der Waals surface area contributed by atoms with E-state index in [1.54, 1.807) is 18.2 Å². The highest BCUT2D eigenvalue weighted by Gasteiger charge is 2.19. The summed E-state index contributed by atoms with van der Waals surface area (Å²) >= 11 is 0. The van der Waals surface area contributed by atoms with Gasteiger partial charge in [0, 0.05) is 18.3 Å². The van der Waals surface area contributed by atoms with E-state index in [-0.39, 0.29) is 27.5 Å². The molecule has 2 aromatic carbocycles. The van der Waals surface area contributed by atoms with Gasteiger partial charge in [-0.2, -0.15) is 18.6 Å². The first-order valence-corrected chi connectivity index (χ1v) is 8.00. The fraction of sp³-hybridized carbons (Fsp3) is 0.111. The average molecular weight is 388 g/mol. The number of halogens is 2. The topological polar surface area (TPSA) is 99.3 Å². The molecule has 144 valence electrons. The number of rotatable bonds is 6. The number of anilines is 1. The third kappa shape index (κ3) is 4.29. The molecule has 0 aliphatic heterocycles. The van der Waals surface area contributed by atoms with Crippen molar-refractivity contribution >= 4 is 17.3 Å². The Hall–Kier alpha value is -3.82. The molecule has 1 amide bonds. The summed E-state index contributed by atoms with van der Waals surface area (Å²) in [6.07, 6.45) is 1.06. The maximum absolute atomic E-state index is 12.9. The van der Waals surface area contributed by atoms with Crippen LogP contribution in [-0.4, -0.2) is 20.6 Å². The van der Waals surface area contributed by atoms with E-state index in [0.29, 0.717) is 5.75 Å². The molecule has 0 aliphatic rings. The van der Waals surface area contributed by atoms with Gasteiger partial charge < -0.3 is 10.1 Å². The number of amides is 1. The van der Waals surface area contributed by atoms with Crippen molar-refractivity contribution in [1.29, 1.82) is 0 Å². The highest BCUT2D eigenvalue weighted by atomic mass is 19.3. The molecule has 0 fully saturated rings. The molecule has 0 unspecified atom stereocenters. The molecule has 0 aliphatic carbocycles. The number of non-ortho nitro benzene ring substituents is 1. The maximum Gasteiger partial charge on any atom is 0.333 e. The van der Waals surface area contributed by atoms with Crippen molar-refractivity contribution in [2.75, 3.05) is 5.32 Å². The molecule has 1 aromatic heterocycles. The van der Waals surface area contributed by atoms with Crippen LogP contribution < -0.4 is 10.1 Å². The van der Waals surface area contributed by atoms with E-state index in [9.17, 15) is 23.7 Å². The van der Waals surface area contributed by atoms with Crippen molar-refractivity contribution in [2.24, 2.45) is 0 Å². The fourth-order valence-corrected chi connectivity index (χ4v) is 2.48. The van der Waals surface area contributed by atoms with Crippen LogP contribution in [0.5, 0.6) is 11.5 Å². The smallest absolute Gasteiger partial charge is 0.333 e. The van der Waals surface area contributed by atoms with Gasteiger partial charge in [0.2, 0.25) is 0 Å². The number of hydrogen-bond acceptors (Lipinski definition) is 5. The molecule has 28 heavy (non-hydrogen) atoms. The van der Waals surface area contributed by atoms with E-state index in [4.69, 9.17) is 4.74 Å². The summed E-state index contributed by atoms with van der Waals surface area (Å²) in [6.45, 7) is -1.14. The fourth-order valence-electron chi connectivity index (χ4n) is 2.48. The van der Waals surface area contributed by atoms with Crippen LogP contribution in [0.1, 0.15) is 22.6 Å². The number of hydrogen-bond donors (Lipinski definition) is 1. The molecule has 3 aromatic rings. The minimum absolute atomic E-state index is 0.0175. The number of carbonyl (C=O) groups excluding carboxylic acids is 1. The van der Waals surface area contributed by atoms with Gasteiger partial charge in [-0.3, -0.25) is 14.9 Å². The molecule has 10 heteroatoms. The van der Waals surface area contributed by atoms with Crippen LogP contribution in [0, 0.1) is 17.0 Å². The number of nitrogens with zero attached hydrogens (tertiary/aromatic N) is 3. The standard InChI is InChI=1S/C18H14F2N4O4/c1-11-3-2-4-14(7-11)28-15-9-12(8-13(10-15)24(26)27)22-17(25)16-5-6-21-23(16)18(19)20/h2-10,18H,1H3,(H,22,25). The van der Waals surface area contributed by atoms with Gasteiger partial charge in [-0.15, -0.1) is 0 Å². The van der Waals surface area contributed by atoms with Gasteiger partial charge in [0.15, 0.2) is 0 Å². The van der Waals surface area contributed by atoms with Crippen molar-refractivity contribution in [2.45, 2.75) is 13.5 Å². The SMILES string of the molecule is Cc1cccc(Oc2cc(NC(=O)c3ccnn3C(F)F)cc([N+](=O)[O-])c2)c1. The molecule has 0 saturated carbocycles. The summed E-state index contributed by atoms with van der Waals surface area (Å²) in [4.78, 5) is 22.8. The number of aryl methyl sites for hydroxylation is 1. The summed E-state index contributed by atoms with van der Waals surface area (Å²) in [5.41, 5.74) is 0.228.